The van der Waals surface area contributed by atoms with Crippen LogP contribution in [0, 0.1) is 6.92 Å². The van der Waals surface area contributed by atoms with Crippen molar-refractivity contribution in [3.8, 4) is 0 Å². The van der Waals surface area contributed by atoms with Crippen LogP contribution in [0.4, 0.5) is 0 Å². The van der Waals surface area contributed by atoms with E-state index >= 15 is 0 Å². The SMILES string of the molecule is Cc1ccc(C=CC(=O)c2ccc(S(N)(=O)=O)cc2)cc1. The first-order chi connectivity index (χ1) is 9.86. The molecule has 2 aromatic rings. The Morgan fingerprint density at radius 3 is 2.10 bits per heavy atom. The highest BCUT2D eigenvalue weighted by molar-refractivity contribution is 7.89. The predicted octanol–water partition coefficient (Wildman–Crippen LogP) is 2.54. The normalized spacial score (nSPS) is 11.7. The van der Waals surface area contributed by atoms with E-state index in [0.29, 0.717) is 5.56 Å². The Labute approximate surface area is 124 Å². The summed E-state index contributed by atoms with van der Waals surface area (Å²) in [4.78, 5) is 12.0. The number of hydrogen-bond acceptors (Lipinski definition) is 3. The van der Waals surface area contributed by atoms with Crippen LogP contribution in [0.3, 0.4) is 0 Å². The average Bonchev–Trinajstić information content (AvgIpc) is 2.45. The number of rotatable bonds is 4. The van der Waals surface area contributed by atoms with E-state index in [9.17, 15) is 13.2 Å². The molecule has 0 aliphatic carbocycles. The van der Waals surface area contributed by atoms with Crippen LogP contribution in [0.25, 0.3) is 6.08 Å². The van der Waals surface area contributed by atoms with Crippen molar-refractivity contribution in [1.29, 1.82) is 0 Å². The molecule has 0 heterocycles. The van der Waals surface area contributed by atoms with Crippen LogP contribution in [0.2, 0.25) is 0 Å². The van der Waals surface area contributed by atoms with Crippen molar-refractivity contribution in [2.75, 3.05) is 0 Å². The van der Waals surface area contributed by atoms with Gasteiger partial charge < -0.3 is 0 Å². The number of sulfonamides is 1. The largest absolute Gasteiger partial charge is 0.289 e. The first-order valence-corrected chi connectivity index (χ1v) is 7.83. The maximum absolute atomic E-state index is 12.0. The number of carbonyl (C=O) groups excluding carboxylic acids is 1. The third-order valence-corrected chi connectivity index (χ3v) is 3.90. The van der Waals surface area contributed by atoms with Gasteiger partial charge in [0.05, 0.1) is 4.90 Å². The number of aryl methyl sites for hydroxylation is 1. The van der Waals surface area contributed by atoms with Crippen molar-refractivity contribution in [3.63, 3.8) is 0 Å². The van der Waals surface area contributed by atoms with Gasteiger partial charge in [0.2, 0.25) is 10.0 Å². The highest BCUT2D eigenvalue weighted by Crippen LogP contribution is 2.11. The maximum Gasteiger partial charge on any atom is 0.238 e. The molecule has 0 aliphatic rings. The molecule has 4 nitrogen and oxygen atoms in total. The lowest BCUT2D eigenvalue weighted by molar-refractivity contribution is 0.104. The minimum absolute atomic E-state index is 0.0124. The standard InChI is InChI=1S/C16H15NO3S/c1-12-2-4-13(5-3-12)6-11-16(18)14-7-9-15(10-8-14)21(17,19)20/h2-11H,1H3,(H2,17,19,20). The van der Waals surface area contributed by atoms with Gasteiger partial charge in [0.1, 0.15) is 0 Å². The zero-order chi connectivity index (χ0) is 15.5. The minimum Gasteiger partial charge on any atom is -0.289 e. The van der Waals surface area contributed by atoms with Crippen LogP contribution < -0.4 is 5.14 Å². The van der Waals surface area contributed by atoms with Crippen molar-refractivity contribution in [1.82, 2.24) is 0 Å². The molecule has 0 saturated carbocycles. The quantitative estimate of drug-likeness (QED) is 0.696. The Hall–Kier alpha value is -2.24. The van der Waals surface area contributed by atoms with E-state index < -0.39 is 10.0 Å². The summed E-state index contributed by atoms with van der Waals surface area (Å²) in [7, 11) is -3.73. The van der Waals surface area contributed by atoms with Crippen molar-refractivity contribution in [2.45, 2.75) is 11.8 Å². The van der Waals surface area contributed by atoms with E-state index in [-0.39, 0.29) is 10.7 Å². The van der Waals surface area contributed by atoms with Gasteiger partial charge in [-0.15, -0.1) is 0 Å². The Morgan fingerprint density at radius 2 is 1.57 bits per heavy atom. The topological polar surface area (TPSA) is 77.2 Å². The molecule has 0 radical (unpaired) electrons. The highest BCUT2D eigenvalue weighted by atomic mass is 32.2. The zero-order valence-corrected chi connectivity index (χ0v) is 12.3. The van der Waals surface area contributed by atoms with Crippen LogP contribution in [0.15, 0.2) is 59.5 Å². The zero-order valence-electron chi connectivity index (χ0n) is 11.5. The van der Waals surface area contributed by atoms with E-state index in [1.807, 2.05) is 31.2 Å². The molecule has 0 bridgehead atoms. The first-order valence-electron chi connectivity index (χ1n) is 6.28. The fourth-order valence-electron chi connectivity index (χ4n) is 1.75. The van der Waals surface area contributed by atoms with Gasteiger partial charge >= 0.3 is 0 Å². The van der Waals surface area contributed by atoms with Gasteiger partial charge in [-0.05, 0) is 42.8 Å². The number of primary sulfonamides is 1. The summed E-state index contributed by atoms with van der Waals surface area (Å²) >= 11 is 0. The van der Waals surface area contributed by atoms with Gasteiger partial charge in [0.15, 0.2) is 5.78 Å². The van der Waals surface area contributed by atoms with E-state index in [4.69, 9.17) is 5.14 Å². The van der Waals surface area contributed by atoms with Crippen molar-refractivity contribution >= 4 is 21.9 Å². The first kappa shape index (κ1) is 15.2. The Morgan fingerprint density at radius 1 is 1.00 bits per heavy atom. The lowest BCUT2D eigenvalue weighted by Gasteiger charge is -2.00. The van der Waals surface area contributed by atoms with Crippen molar-refractivity contribution in [3.05, 3.63) is 71.3 Å². The predicted molar refractivity (Wildman–Crippen MR) is 82.4 cm³/mol. The van der Waals surface area contributed by atoms with Crippen LogP contribution in [0.5, 0.6) is 0 Å². The molecule has 0 atom stereocenters. The van der Waals surface area contributed by atoms with Crippen molar-refractivity contribution < 1.29 is 13.2 Å². The third-order valence-electron chi connectivity index (χ3n) is 2.97. The molecule has 0 saturated heterocycles. The lowest BCUT2D eigenvalue weighted by atomic mass is 10.1. The second kappa shape index (κ2) is 6.03. The molecule has 108 valence electrons. The fourth-order valence-corrected chi connectivity index (χ4v) is 2.27. The summed E-state index contributed by atoms with van der Waals surface area (Å²) in [5, 5.41) is 5.00. The maximum atomic E-state index is 12.0. The van der Waals surface area contributed by atoms with Gasteiger partial charge in [-0.3, -0.25) is 4.79 Å². The lowest BCUT2D eigenvalue weighted by Crippen LogP contribution is -2.12. The monoisotopic (exact) mass is 301 g/mol. The number of carbonyl (C=O) groups is 1. The molecule has 2 aromatic carbocycles. The van der Waals surface area contributed by atoms with Gasteiger partial charge in [0, 0.05) is 5.56 Å². The summed E-state index contributed by atoms with van der Waals surface area (Å²) in [6.45, 7) is 1.99. The molecule has 21 heavy (non-hydrogen) atoms. The Kier molecular flexibility index (Phi) is 4.35. The molecular weight excluding hydrogens is 286 g/mol. The van der Waals surface area contributed by atoms with Crippen molar-refractivity contribution in [2.24, 2.45) is 5.14 Å². The summed E-state index contributed by atoms with van der Waals surface area (Å²) in [6.07, 6.45) is 3.17. The molecule has 0 aromatic heterocycles. The number of nitrogens with two attached hydrogens (primary N) is 1. The third kappa shape index (κ3) is 4.11. The number of hydrogen-bond donors (Lipinski definition) is 1. The molecular formula is C16H15NO3S. The van der Waals surface area contributed by atoms with Crippen LogP contribution in [0.1, 0.15) is 21.5 Å². The van der Waals surface area contributed by atoms with E-state index in [1.54, 1.807) is 6.08 Å². The van der Waals surface area contributed by atoms with Crippen LogP contribution in [-0.4, -0.2) is 14.2 Å². The Balaban J connectivity index is 2.15. The van der Waals surface area contributed by atoms with Gasteiger partial charge in [-0.2, -0.15) is 0 Å². The second-order valence-corrected chi connectivity index (χ2v) is 6.24. The summed E-state index contributed by atoms with van der Waals surface area (Å²) in [5.74, 6) is -0.198. The molecule has 0 spiro atoms. The van der Waals surface area contributed by atoms with Gasteiger partial charge in [-0.25, -0.2) is 13.6 Å². The molecule has 0 amide bonds. The Bertz CT molecular complexity index is 773. The average molecular weight is 301 g/mol. The van der Waals surface area contributed by atoms with E-state index in [1.165, 1.54) is 30.3 Å². The fraction of sp³-hybridized carbons (Fsp3) is 0.0625. The van der Waals surface area contributed by atoms with E-state index in [0.717, 1.165) is 11.1 Å². The van der Waals surface area contributed by atoms with E-state index in [2.05, 4.69) is 0 Å². The van der Waals surface area contributed by atoms with Gasteiger partial charge in [-0.1, -0.05) is 35.9 Å². The molecule has 2 N–H and O–H groups in total. The number of allylic oxidation sites excluding steroid dienone is 1. The van der Waals surface area contributed by atoms with Crippen LogP contribution >= 0.6 is 0 Å². The molecule has 0 fully saturated rings. The molecule has 2 rings (SSSR count). The molecule has 0 aliphatic heterocycles. The smallest absolute Gasteiger partial charge is 0.238 e. The summed E-state index contributed by atoms with van der Waals surface area (Å²) in [6, 6.07) is 13.3. The molecule has 0 unspecified atom stereocenters. The second-order valence-electron chi connectivity index (χ2n) is 4.68. The number of ketones is 1. The van der Waals surface area contributed by atoms with Crippen LogP contribution in [-0.2, 0) is 10.0 Å². The van der Waals surface area contributed by atoms with Gasteiger partial charge in [0.25, 0.3) is 0 Å². The summed E-state index contributed by atoms with van der Waals surface area (Å²) in [5.41, 5.74) is 2.48. The minimum atomic E-state index is -3.73. The molecule has 5 heteroatoms. The number of benzene rings is 2. The highest BCUT2D eigenvalue weighted by Gasteiger charge is 2.08. The summed E-state index contributed by atoms with van der Waals surface area (Å²) < 4.78 is 22.3.